The topological polar surface area (TPSA) is 68.6 Å². The van der Waals surface area contributed by atoms with Crippen molar-refractivity contribution < 1.29 is 9.53 Å². The Bertz CT molecular complexity index is 881. The second-order valence-electron chi connectivity index (χ2n) is 7.31. The second-order valence-corrected chi connectivity index (χ2v) is 7.31. The summed E-state index contributed by atoms with van der Waals surface area (Å²) in [6.07, 6.45) is -0.648. The summed E-state index contributed by atoms with van der Waals surface area (Å²) in [7, 11) is 0. The average molecular weight is 393 g/mol. The van der Waals surface area contributed by atoms with Crippen LogP contribution >= 0.6 is 0 Å². The van der Waals surface area contributed by atoms with E-state index in [0.717, 1.165) is 44.0 Å². The zero-order chi connectivity index (χ0) is 20.8. The van der Waals surface area contributed by atoms with Gasteiger partial charge in [-0.2, -0.15) is 5.26 Å². The molecule has 3 rings (SSSR count). The molecule has 0 bridgehead atoms. The molecule has 0 spiro atoms. The average Bonchev–Trinajstić information content (AvgIpc) is 2.74. The Morgan fingerprint density at radius 3 is 2.45 bits per heavy atom. The molecule has 1 aliphatic rings. The summed E-state index contributed by atoms with van der Waals surface area (Å²) < 4.78 is 5.68. The van der Waals surface area contributed by atoms with Gasteiger partial charge in [-0.05, 0) is 68.4 Å². The van der Waals surface area contributed by atoms with Gasteiger partial charge in [0.1, 0.15) is 5.75 Å². The van der Waals surface area contributed by atoms with Crippen LogP contribution in [0, 0.1) is 18.3 Å². The summed E-state index contributed by atoms with van der Waals surface area (Å²) in [5.41, 5.74) is 3.69. The molecule has 152 valence electrons. The molecule has 1 aliphatic heterocycles. The van der Waals surface area contributed by atoms with Crippen LogP contribution < -0.4 is 15.0 Å². The number of ether oxygens (including phenoxy) is 1. The van der Waals surface area contributed by atoms with Gasteiger partial charge in [0.15, 0.2) is 6.10 Å². The van der Waals surface area contributed by atoms with E-state index >= 15 is 0 Å². The quantitative estimate of drug-likeness (QED) is 0.816. The van der Waals surface area contributed by atoms with Crippen LogP contribution in [0.4, 0.5) is 11.4 Å². The lowest BCUT2D eigenvalue weighted by Gasteiger charge is -2.36. The van der Waals surface area contributed by atoms with Gasteiger partial charge in [-0.15, -0.1) is 0 Å². The molecular formula is C23H28N4O2. The molecule has 29 heavy (non-hydrogen) atoms. The first-order valence-corrected chi connectivity index (χ1v) is 10.1. The fourth-order valence-corrected chi connectivity index (χ4v) is 3.50. The Kier molecular flexibility index (Phi) is 6.73. The lowest BCUT2D eigenvalue weighted by atomic mass is 10.1. The molecule has 6 heteroatoms. The first-order chi connectivity index (χ1) is 14.0. The Morgan fingerprint density at radius 2 is 1.86 bits per heavy atom. The Hall–Kier alpha value is -3.04. The van der Waals surface area contributed by atoms with Crippen molar-refractivity contribution in [3.05, 3.63) is 53.6 Å². The summed E-state index contributed by atoms with van der Waals surface area (Å²) in [5, 5.41) is 11.8. The highest BCUT2D eigenvalue weighted by atomic mass is 16.5. The number of nitriles is 1. The minimum absolute atomic E-state index is 0.210. The van der Waals surface area contributed by atoms with E-state index in [0.29, 0.717) is 11.3 Å². The highest BCUT2D eigenvalue weighted by Gasteiger charge is 2.19. The smallest absolute Gasteiger partial charge is 0.265 e. The van der Waals surface area contributed by atoms with E-state index in [-0.39, 0.29) is 5.91 Å². The molecule has 1 saturated heterocycles. The normalized spacial score (nSPS) is 15.4. The van der Waals surface area contributed by atoms with Gasteiger partial charge in [0.25, 0.3) is 5.91 Å². The van der Waals surface area contributed by atoms with Crippen LogP contribution in [0.25, 0.3) is 0 Å². The molecule has 6 nitrogen and oxygen atoms in total. The molecule has 1 fully saturated rings. The fourth-order valence-electron chi connectivity index (χ4n) is 3.50. The highest BCUT2D eigenvalue weighted by molar-refractivity contribution is 5.94. The van der Waals surface area contributed by atoms with Gasteiger partial charge in [-0.1, -0.05) is 6.92 Å². The largest absolute Gasteiger partial charge is 0.481 e. The third-order valence-electron chi connectivity index (χ3n) is 5.29. The SMILES string of the molecule is CCN1CCN(c2ccc(NC(=O)C(C)Oc3ccc(C#N)cc3)cc2C)CC1. The minimum Gasteiger partial charge on any atom is -0.481 e. The van der Waals surface area contributed by atoms with Crippen molar-refractivity contribution in [3.8, 4) is 11.8 Å². The Balaban J connectivity index is 1.58. The number of aryl methyl sites for hydroxylation is 1. The third kappa shape index (κ3) is 5.27. The summed E-state index contributed by atoms with van der Waals surface area (Å²) in [6.45, 7) is 11.3. The number of carbonyl (C=O) groups excluding carboxylic acids is 1. The molecule has 2 aromatic carbocycles. The van der Waals surface area contributed by atoms with E-state index < -0.39 is 6.10 Å². The molecule has 1 amide bonds. The van der Waals surface area contributed by atoms with Crippen molar-refractivity contribution in [1.82, 2.24) is 4.90 Å². The Morgan fingerprint density at radius 1 is 1.17 bits per heavy atom. The van der Waals surface area contributed by atoms with Crippen molar-refractivity contribution in [2.24, 2.45) is 0 Å². The number of amides is 1. The first kappa shape index (κ1) is 20.7. The summed E-state index contributed by atoms with van der Waals surface area (Å²) >= 11 is 0. The Labute approximate surface area is 172 Å². The van der Waals surface area contributed by atoms with Gasteiger partial charge in [0.05, 0.1) is 11.6 Å². The summed E-state index contributed by atoms with van der Waals surface area (Å²) in [5.74, 6) is 0.350. The third-order valence-corrected chi connectivity index (χ3v) is 5.29. The maximum Gasteiger partial charge on any atom is 0.265 e. The highest BCUT2D eigenvalue weighted by Crippen LogP contribution is 2.25. The number of anilines is 2. The number of rotatable bonds is 6. The van der Waals surface area contributed by atoms with E-state index in [2.05, 4.69) is 41.1 Å². The first-order valence-electron chi connectivity index (χ1n) is 10.1. The number of carbonyl (C=O) groups is 1. The number of likely N-dealkylation sites (N-methyl/N-ethyl adjacent to an activating group) is 1. The van der Waals surface area contributed by atoms with Crippen LogP contribution in [0.3, 0.4) is 0 Å². The van der Waals surface area contributed by atoms with Crippen LogP contribution in [-0.2, 0) is 4.79 Å². The van der Waals surface area contributed by atoms with Crippen LogP contribution in [0.15, 0.2) is 42.5 Å². The minimum atomic E-state index is -0.648. The standard InChI is InChI=1S/C23H28N4O2/c1-4-26-11-13-27(14-12-26)22-10-7-20(15-17(22)2)25-23(28)18(3)29-21-8-5-19(16-24)6-9-21/h5-10,15,18H,4,11-14H2,1-3H3,(H,25,28). The number of benzene rings is 2. The predicted octanol–water partition coefficient (Wildman–Crippen LogP) is 3.41. The maximum absolute atomic E-state index is 12.5. The lowest BCUT2D eigenvalue weighted by molar-refractivity contribution is -0.122. The lowest BCUT2D eigenvalue weighted by Crippen LogP contribution is -2.46. The van der Waals surface area contributed by atoms with Crippen LogP contribution in [0.2, 0.25) is 0 Å². The van der Waals surface area contributed by atoms with Crippen molar-refractivity contribution in [3.63, 3.8) is 0 Å². The molecule has 0 radical (unpaired) electrons. The van der Waals surface area contributed by atoms with Crippen molar-refractivity contribution >= 4 is 17.3 Å². The number of nitrogens with zero attached hydrogens (tertiary/aromatic N) is 3. The van der Waals surface area contributed by atoms with Crippen molar-refractivity contribution in [1.29, 1.82) is 5.26 Å². The van der Waals surface area contributed by atoms with Gasteiger partial charge in [0.2, 0.25) is 0 Å². The van der Waals surface area contributed by atoms with Gasteiger partial charge >= 0.3 is 0 Å². The number of nitrogens with one attached hydrogen (secondary N) is 1. The zero-order valence-corrected chi connectivity index (χ0v) is 17.3. The van der Waals surface area contributed by atoms with Crippen molar-refractivity contribution in [2.45, 2.75) is 26.9 Å². The van der Waals surface area contributed by atoms with Gasteiger partial charge in [0, 0.05) is 37.6 Å². The van der Waals surface area contributed by atoms with Crippen LogP contribution in [0.5, 0.6) is 5.75 Å². The fraction of sp³-hybridized carbons (Fsp3) is 0.391. The molecule has 1 unspecified atom stereocenters. The second kappa shape index (κ2) is 9.44. The van der Waals surface area contributed by atoms with Crippen LogP contribution in [-0.4, -0.2) is 49.6 Å². The number of piperazine rings is 1. The molecule has 1 N–H and O–H groups in total. The maximum atomic E-state index is 12.5. The van der Waals surface area contributed by atoms with Gasteiger partial charge in [-0.25, -0.2) is 0 Å². The summed E-state index contributed by atoms with van der Waals surface area (Å²) in [6, 6.07) is 14.8. The van der Waals surface area contributed by atoms with Crippen molar-refractivity contribution in [2.75, 3.05) is 42.9 Å². The molecule has 0 aromatic heterocycles. The van der Waals surface area contributed by atoms with Crippen LogP contribution in [0.1, 0.15) is 25.0 Å². The monoisotopic (exact) mass is 392 g/mol. The summed E-state index contributed by atoms with van der Waals surface area (Å²) in [4.78, 5) is 17.4. The molecule has 1 heterocycles. The van der Waals surface area contributed by atoms with E-state index in [9.17, 15) is 4.79 Å². The van der Waals surface area contributed by atoms with E-state index in [4.69, 9.17) is 10.00 Å². The van der Waals surface area contributed by atoms with Gasteiger partial charge < -0.3 is 19.9 Å². The molecule has 0 aliphatic carbocycles. The molecular weight excluding hydrogens is 364 g/mol. The van der Waals surface area contributed by atoms with E-state index in [1.807, 2.05) is 12.1 Å². The van der Waals surface area contributed by atoms with E-state index in [1.165, 1.54) is 5.69 Å². The molecule has 2 aromatic rings. The van der Waals surface area contributed by atoms with E-state index in [1.54, 1.807) is 31.2 Å². The zero-order valence-electron chi connectivity index (χ0n) is 17.3. The molecule has 1 atom stereocenters. The predicted molar refractivity (Wildman–Crippen MR) is 115 cm³/mol. The number of hydrogen-bond acceptors (Lipinski definition) is 5. The van der Waals surface area contributed by atoms with Gasteiger partial charge in [-0.3, -0.25) is 4.79 Å². The molecule has 0 saturated carbocycles. The number of hydrogen-bond donors (Lipinski definition) is 1.